The topological polar surface area (TPSA) is 50.1 Å². The SMILES string of the molecule is CNCc1cnn(Cc2ccc(O)cc2)c1C. The first kappa shape index (κ1) is 11.7. The number of phenolic OH excluding ortho intramolecular Hbond substituents is 1. The van der Waals surface area contributed by atoms with Gasteiger partial charge in [0.2, 0.25) is 0 Å². The van der Waals surface area contributed by atoms with Crippen molar-refractivity contribution in [2.45, 2.75) is 20.0 Å². The molecule has 0 aliphatic rings. The highest BCUT2D eigenvalue weighted by atomic mass is 16.3. The van der Waals surface area contributed by atoms with Crippen LogP contribution >= 0.6 is 0 Å². The van der Waals surface area contributed by atoms with Gasteiger partial charge < -0.3 is 10.4 Å². The maximum Gasteiger partial charge on any atom is 0.115 e. The summed E-state index contributed by atoms with van der Waals surface area (Å²) in [5, 5.41) is 16.7. The molecule has 0 amide bonds. The Morgan fingerprint density at radius 1 is 1.29 bits per heavy atom. The van der Waals surface area contributed by atoms with Gasteiger partial charge in [-0.3, -0.25) is 4.68 Å². The van der Waals surface area contributed by atoms with E-state index in [9.17, 15) is 5.11 Å². The zero-order valence-electron chi connectivity index (χ0n) is 10.1. The van der Waals surface area contributed by atoms with E-state index in [1.54, 1.807) is 12.1 Å². The van der Waals surface area contributed by atoms with Gasteiger partial charge in [-0.1, -0.05) is 12.1 Å². The van der Waals surface area contributed by atoms with Crippen molar-refractivity contribution >= 4 is 0 Å². The van der Waals surface area contributed by atoms with Gasteiger partial charge in [-0.15, -0.1) is 0 Å². The van der Waals surface area contributed by atoms with Gasteiger partial charge in [-0.05, 0) is 31.7 Å². The van der Waals surface area contributed by atoms with Crippen LogP contribution in [0.4, 0.5) is 0 Å². The van der Waals surface area contributed by atoms with E-state index >= 15 is 0 Å². The van der Waals surface area contributed by atoms with Crippen molar-refractivity contribution in [1.29, 1.82) is 0 Å². The monoisotopic (exact) mass is 231 g/mol. The van der Waals surface area contributed by atoms with Crippen LogP contribution < -0.4 is 5.32 Å². The fourth-order valence-corrected chi connectivity index (χ4v) is 1.78. The van der Waals surface area contributed by atoms with Crippen LogP contribution in [0.25, 0.3) is 0 Å². The van der Waals surface area contributed by atoms with Crippen LogP contribution in [0.15, 0.2) is 30.5 Å². The second-order valence-corrected chi connectivity index (χ2v) is 4.11. The van der Waals surface area contributed by atoms with Gasteiger partial charge in [0, 0.05) is 17.8 Å². The molecule has 17 heavy (non-hydrogen) atoms. The second kappa shape index (κ2) is 5.01. The normalized spacial score (nSPS) is 10.7. The Kier molecular flexibility index (Phi) is 3.44. The minimum atomic E-state index is 0.293. The molecule has 1 aromatic carbocycles. The lowest BCUT2D eigenvalue weighted by molar-refractivity contribution is 0.475. The summed E-state index contributed by atoms with van der Waals surface area (Å²) in [5.74, 6) is 0.293. The number of nitrogens with zero attached hydrogens (tertiary/aromatic N) is 2. The van der Waals surface area contributed by atoms with E-state index < -0.39 is 0 Å². The standard InChI is InChI=1S/C13H17N3O/c1-10-12(7-14-2)8-15-16(10)9-11-3-5-13(17)6-4-11/h3-6,8,14,17H,7,9H2,1-2H3. The molecule has 90 valence electrons. The van der Waals surface area contributed by atoms with Crippen LogP contribution in [-0.4, -0.2) is 21.9 Å². The lowest BCUT2D eigenvalue weighted by Crippen LogP contribution is -2.08. The molecule has 1 aromatic heterocycles. The molecule has 1 heterocycles. The average Bonchev–Trinajstić information content (AvgIpc) is 2.65. The molecular formula is C13H17N3O. The summed E-state index contributed by atoms with van der Waals surface area (Å²) < 4.78 is 1.97. The van der Waals surface area contributed by atoms with Crippen LogP contribution in [-0.2, 0) is 13.1 Å². The predicted molar refractivity (Wildman–Crippen MR) is 66.9 cm³/mol. The van der Waals surface area contributed by atoms with Gasteiger partial charge >= 0.3 is 0 Å². The predicted octanol–water partition coefficient (Wildman–Crippen LogP) is 1.66. The molecule has 2 N–H and O–H groups in total. The molecule has 0 unspecified atom stereocenters. The first-order chi connectivity index (χ1) is 8.20. The van der Waals surface area contributed by atoms with E-state index in [2.05, 4.69) is 17.3 Å². The first-order valence-corrected chi connectivity index (χ1v) is 5.64. The van der Waals surface area contributed by atoms with E-state index in [1.807, 2.05) is 30.1 Å². The smallest absolute Gasteiger partial charge is 0.115 e. The Labute approximate surface area is 101 Å². The van der Waals surface area contributed by atoms with Gasteiger partial charge in [0.1, 0.15) is 5.75 Å². The molecule has 0 fully saturated rings. The fraction of sp³-hybridized carbons (Fsp3) is 0.308. The van der Waals surface area contributed by atoms with Crippen molar-refractivity contribution in [3.05, 3.63) is 47.3 Å². The fourth-order valence-electron chi connectivity index (χ4n) is 1.78. The highest BCUT2D eigenvalue weighted by molar-refractivity contribution is 5.26. The molecule has 0 saturated carbocycles. The van der Waals surface area contributed by atoms with Gasteiger partial charge in [0.05, 0.1) is 12.7 Å². The minimum Gasteiger partial charge on any atom is -0.508 e. The molecule has 0 aliphatic carbocycles. The molecule has 0 aliphatic heterocycles. The van der Waals surface area contributed by atoms with Gasteiger partial charge in [-0.2, -0.15) is 5.10 Å². The Bertz CT molecular complexity index is 488. The molecule has 0 radical (unpaired) electrons. The maximum absolute atomic E-state index is 9.22. The third-order valence-corrected chi connectivity index (χ3v) is 2.84. The quantitative estimate of drug-likeness (QED) is 0.841. The molecule has 0 saturated heterocycles. The van der Waals surface area contributed by atoms with Crippen molar-refractivity contribution in [3.8, 4) is 5.75 Å². The van der Waals surface area contributed by atoms with E-state index in [1.165, 1.54) is 11.3 Å². The van der Waals surface area contributed by atoms with E-state index in [0.717, 1.165) is 18.7 Å². The highest BCUT2D eigenvalue weighted by Crippen LogP contribution is 2.13. The van der Waals surface area contributed by atoms with Crippen LogP contribution in [0.1, 0.15) is 16.8 Å². The minimum absolute atomic E-state index is 0.293. The summed E-state index contributed by atoms with van der Waals surface area (Å²) in [4.78, 5) is 0. The lowest BCUT2D eigenvalue weighted by Gasteiger charge is -2.06. The van der Waals surface area contributed by atoms with Gasteiger partial charge in [-0.25, -0.2) is 0 Å². The van der Waals surface area contributed by atoms with Gasteiger partial charge in [0.25, 0.3) is 0 Å². The molecule has 0 spiro atoms. The number of nitrogens with one attached hydrogen (secondary N) is 1. The number of hydrogen-bond acceptors (Lipinski definition) is 3. The molecule has 0 atom stereocenters. The molecule has 4 heteroatoms. The second-order valence-electron chi connectivity index (χ2n) is 4.11. The van der Waals surface area contributed by atoms with E-state index in [-0.39, 0.29) is 0 Å². The average molecular weight is 231 g/mol. The van der Waals surface area contributed by atoms with Crippen molar-refractivity contribution < 1.29 is 5.11 Å². The molecule has 2 rings (SSSR count). The molecule has 0 bridgehead atoms. The Morgan fingerprint density at radius 2 is 2.00 bits per heavy atom. The van der Waals surface area contributed by atoms with Crippen molar-refractivity contribution in [2.75, 3.05) is 7.05 Å². The number of phenols is 1. The summed E-state index contributed by atoms with van der Waals surface area (Å²) in [6.45, 7) is 3.64. The Morgan fingerprint density at radius 3 is 2.65 bits per heavy atom. The summed E-state index contributed by atoms with van der Waals surface area (Å²) in [7, 11) is 1.93. The van der Waals surface area contributed by atoms with Crippen LogP contribution in [0.2, 0.25) is 0 Å². The number of aromatic hydroxyl groups is 1. The zero-order chi connectivity index (χ0) is 12.3. The number of aromatic nitrogens is 2. The highest BCUT2D eigenvalue weighted by Gasteiger charge is 2.05. The van der Waals surface area contributed by atoms with Crippen LogP contribution in [0.3, 0.4) is 0 Å². The van der Waals surface area contributed by atoms with E-state index in [0.29, 0.717) is 5.75 Å². The Hall–Kier alpha value is -1.81. The number of hydrogen-bond donors (Lipinski definition) is 2. The summed E-state index contributed by atoms with van der Waals surface area (Å²) in [6.07, 6.45) is 1.90. The lowest BCUT2D eigenvalue weighted by atomic mass is 10.2. The van der Waals surface area contributed by atoms with Gasteiger partial charge in [0.15, 0.2) is 0 Å². The zero-order valence-corrected chi connectivity index (χ0v) is 10.1. The largest absolute Gasteiger partial charge is 0.508 e. The van der Waals surface area contributed by atoms with Crippen molar-refractivity contribution in [2.24, 2.45) is 0 Å². The summed E-state index contributed by atoms with van der Waals surface area (Å²) in [6, 6.07) is 7.22. The Balaban J connectivity index is 2.16. The first-order valence-electron chi connectivity index (χ1n) is 5.64. The van der Waals surface area contributed by atoms with E-state index in [4.69, 9.17) is 0 Å². The third-order valence-electron chi connectivity index (χ3n) is 2.84. The van der Waals surface area contributed by atoms with Crippen molar-refractivity contribution in [1.82, 2.24) is 15.1 Å². The summed E-state index contributed by atoms with van der Waals surface area (Å²) in [5.41, 5.74) is 3.52. The van der Waals surface area contributed by atoms with Crippen molar-refractivity contribution in [3.63, 3.8) is 0 Å². The molecule has 2 aromatic rings. The molecule has 4 nitrogen and oxygen atoms in total. The molecular weight excluding hydrogens is 214 g/mol. The number of rotatable bonds is 4. The van der Waals surface area contributed by atoms with Crippen LogP contribution in [0, 0.1) is 6.92 Å². The summed E-state index contributed by atoms with van der Waals surface area (Å²) >= 11 is 0. The third kappa shape index (κ3) is 2.65. The maximum atomic E-state index is 9.22. The number of benzene rings is 1. The van der Waals surface area contributed by atoms with Crippen LogP contribution in [0.5, 0.6) is 5.75 Å².